The van der Waals surface area contributed by atoms with Gasteiger partial charge in [0.25, 0.3) is 0 Å². The number of anilines is 2. The SMILES string of the molecule is CCn1cnc2c(N[C@H]3CCNC3)nc(N3CCCC[C@H]3CCOC(C)=O)nc21. The number of nitrogens with one attached hydrogen (secondary N) is 2. The molecule has 0 spiro atoms. The smallest absolute Gasteiger partial charge is 0.302 e. The first kappa shape index (κ1) is 19.9. The minimum atomic E-state index is -0.228. The van der Waals surface area contributed by atoms with Crippen molar-refractivity contribution >= 4 is 28.9 Å². The molecule has 9 heteroatoms. The Hall–Kier alpha value is -2.42. The number of nitrogens with zero attached hydrogens (tertiary/aromatic N) is 5. The van der Waals surface area contributed by atoms with Gasteiger partial charge in [0.1, 0.15) is 0 Å². The number of fused-ring (bicyclic) bond motifs is 1. The van der Waals surface area contributed by atoms with E-state index in [1.807, 2.05) is 6.33 Å². The first-order chi connectivity index (χ1) is 14.2. The molecule has 0 aliphatic carbocycles. The van der Waals surface area contributed by atoms with Crippen LogP contribution in [0, 0.1) is 0 Å². The molecular formula is C20H31N7O2. The molecule has 2 fully saturated rings. The Morgan fingerprint density at radius 2 is 2.24 bits per heavy atom. The minimum absolute atomic E-state index is 0.228. The van der Waals surface area contributed by atoms with E-state index in [-0.39, 0.29) is 12.0 Å². The summed E-state index contributed by atoms with van der Waals surface area (Å²) in [4.78, 5) is 27.9. The predicted octanol–water partition coefficient (Wildman–Crippen LogP) is 1.93. The molecule has 2 aromatic rings. The van der Waals surface area contributed by atoms with Crippen LogP contribution in [0.15, 0.2) is 6.33 Å². The van der Waals surface area contributed by atoms with Crippen LogP contribution in [0.5, 0.6) is 0 Å². The molecule has 0 unspecified atom stereocenters. The third-order valence-corrected chi connectivity index (χ3v) is 5.83. The summed E-state index contributed by atoms with van der Waals surface area (Å²) in [5.74, 6) is 1.33. The van der Waals surface area contributed by atoms with E-state index in [2.05, 4.69) is 32.0 Å². The van der Waals surface area contributed by atoms with E-state index >= 15 is 0 Å². The highest BCUT2D eigenvalue weighted by Gasteiger charge is 2.27. The molecule has 158 valence electrons. The third kappa shape index (κ3) is 4.44. The zero-order valence-electron chi connectivity index (χ0n) is 17.4. The lowest BCUT2D eigenvalue weighted by molar-refractivity contribution is -0.141. The standard InChI is InChI=1S/C20H31N7O2/c1-3-26-13-22-17-18(23-15-7-9-21-12-15)24-20(25-19(17)26)27-10-5-4-6-16(27)8-11-29-14(2)28/h13,15-16,21H,3-12H2,1-2H3,(H,23,24,25)/t15-,16-/m0/s1. The number of carbonyl (C=O) groups is 1. The van der Waals surface area contributed by atoms with Gasteiger partial charge < -0.3 is 24.8 Å². The van der Waals surface area contributed by atoms with E-state index in [0.717, 1.165) is 74.8 Å². The molecule has 2 atom stereocenters. The summed E-state index contributed by atoms with van der Waals surface area (Å²) in [6.45, 7) is 7.67. The molecule has 0 amide bonds. The van der Waals surface area contributed by atoms with Crippen molar-refractivity contribution in [3.05, 3.63) is 6.33 Å². The first-order valence-corrected chi connectivity index (χ1v) is 10.8. The van der Waals surface area contributed by atoms with Gasteiger partial charge in [-0.1, -0.05) is 0 Å². The molecule has 29 heavy (non-hydrogen) atoms. The highest BCUT2D eigenvalue weighted by molar-refractivity contribution is 5.84. The molecule has 2 aliphatic rings. The summed E-state index contributed by atoms with van der Waals surface area (Å²) in [5, 5.41) is 6.98. The lowest BCUT2D eigenvalue weighted by atomic mass is 10.00. The number of aromatic nitrogens is 4. The molecule has 0 saturated carbocycles. The summed E-state index contributed by atoms with van der Waals surface area (Å²) < 4.78 is 7.26. The van der Waals surface area contributed by atoms with Gasteiger partial charge in [-0.2, -0.15) is 9.97 Å². The monoisotopic (exact) mass is 401 g/mol. The summed E-state index contributed by atoms with van der Waals surface area (Å²) in [6.07, 6.45) is 7.07. The molecule has 2 aromatic heterocycles. The van der Waals surface area contributed by atoms with Crippen LogP contribution in [-0.4, -0.2) is 63.8 Å². The molecule has 4 heterocycles. The second kappa shape index (κ2) is 8.94. The van der Waals surface area contributed by atoms with Crippen molar-refractivity contribution in [2.45, 2.75) is 64.6 Å². The molecule has 0 aromatic carbocycles. The summed E-state index contributed by atoms with van der Waals surface area (Å²) in [6, 6.07) is 0.633. The normalized spacial score (nSPS) is 22.2. The summed E-state index contributed by atoms with van der Waals surface area (Å²) in [5.41, 5.74) is 1.70. The first-order valence-electron chi connectivity index (χ1n) is 10.8. The van der Waals surface area contributed by atoms with Crippen LogP contribution in [0.3, 0.4) is 0 Å². The van der Waals surface area contributed by atoms with Crippen LogP contribution in [0.2, 0.25) is 0 Å². The van der Waals surface area contributed by atoms with Gasteiger partial charge in [-0.05, 0) is 39.2 Å². The fourth-order valence-electron chi connectivity index (χ4n) is 4.27. The van der Waals surface area contributed by atoms with Gasteiger partial charge >= 0.3 is 5.97 Å². The zero-order chi connectivity index (χ0) is 20.2. The Kier molecular flexibility index (Phi) is 6.13. The predicted molar refractivity (Wildman–Crippen MR) is 112 cm³/mol. The van der Waals surface area contributed by atoms with E-state index in [0.29, 0.717) is 12.6 Å². The minimum Gasteiger partial charge on any atom is -0.466 e. The molecule has 4 rings (SSSR count). The maximum atomic E-state index is 11.2. The average Bonchev–Trinajstić information content (AvgIpc) is 3.37. The van der Waals surface area contributed by atoms with Crippen molar-refractivity contribution in [2.75, 3.05) is 36.5 Å². The number of ether oxygens (including phenoxy) is 1. The van der Waals surface area contributed by atoms with Crippen molar-refractivity contribution in [3.8, 4) is 0 Å². The van der Waals surface area contributed by atoms with E-state index in [4.69, 9.17) is 14.7 Å². The van der Waals surface area contributed by atoms with Crippen LogP contribution in [0.25, 0.3) is 11.2 Å². The Balaban J connectivity index is 1.64. The van der Waals surface area contributed by atoms with Gasteiger partial charge in [0, 0.05) is 45.1 Å². The number of imidazole rings is 1. The Morgan fingerprint density at radius 1 is 1.34 bits per heavy atom. The molecular weight excluding hydrogens is 370 g/mol. The number of hydrogen-bond donors (Lipinski definition) is 2. The number of carbonyl (C=O) groups excluding carboxylic acids is 1. The number of piperidine rings is 1. The number of rotatable bonds is 7. The molecule has 0 bridgehead atoms. The van der Waals surface area contributed by atoms with Crippen LogP contribution < -0.4 is 15.5 Å². The molecule has 2 N–H and O–H groups in total. The number of hydrogen-bond acceptors (Lipinski definition) is 8. The van der Waals surface area contributed by atoms with Gasteiger partial charge in [-0.25, -0.2) is 4.98 Å². The van der Waals surface area contributed by atoms with E-state index in [1.165, 1.54) is 13.3 Å². The Labute approximate surface area is 171 Å². The highest BCUT2D eigenvalue weighted by atomic mass is 16.5. The van der Waals surface area contributed by atoms with Gasteiger partial charge in [0.2, 0.25) is 5.95 Å². The second-order valence-electron chi connectivity index (χ2n) is 7.88. The third-order valence-electron chi connectivity index (χ3n) is 5.83. The number of aryl methyl sites for hydroxylation is 1. The van der Waals surface area contributed by atoms with Gasteiger partial charge in [-0.3, -0.25) is 4.79 Å². The quantitative estimate of drug-likeness (QED) is 0.680. The lowest BCUT2D eigenvalue weighted by Crippen LogP contribution is -2.41. The Morgan fingerprint density at radius 3 is 3.00 bits per heavy atom. The van der Waals surface area contributed by atoms with Gasteiger partial charge in [0.15, 0.2) is 17.0 Å². The molecule has 9 nitrogen and oxygen atoms in total. The molecule has 2 saturated heterocycles. The summed E-state index contributed by atoms with van der Waals surface area (Å²) >= 11 is 0. The van der Waals surface area contributed by atoms with Crippen LogP contribution in [0.4, 0.5) is 11.8 Å². The van der Waals surface area contributed by atoms with Gasteiger partial charge in [-0.15, -0.1) is 0 Å². The van der Waals surface area contributed by atoms with Crippen molar-refractivity contribution in [1.82, 2.24) is 24.8 Å². The fraction of sp³-hybridized carbons (Fsp3) is 0.700. The number of esters is 1. The second-order valence-corrected chi connectivity index (χ2v) is 7.88. The van der Waals surface area contributed by atoms with E-state index in [9.17, 15) is 4.79 Å². The topological polar surface area (TPSA) is 97.2 Å². The maximum absolute atomic E-state index is 11.2. The van der Waals surface area contributed by atoms with Crippen molar-refractivity contribution in [3.63, 3.8) is 0 Å². The Bertz CT molecular complexity index is 847. The summed E-state index contributed by atoms with van der Waals surface area (Å²) in [7, 11) is 0. The molecule has 0 radical (unpaired) electrons. The average molecular weight is 402 g/mol. The van der Waals surface area contributed by atoms with Crippen LogP contribution in [0.1, 0.15) is 46.0 Å². The lowest BCUT2D eigenvalue weighted by Gasteiger charge is -2.36. The largest absolute Gasteiger partial charge is 0.466 e. The van der Waals surface area contributed by atoms with Crippen molar-refractivity contribution < 1.29 is 9.53 Å². The van der Waals surface area contributed by atoms with Gasteiger partial charge in [0.05, 0.1) is 12.9 Å². The molecule has 2 aliphatic heterocycles. The van der Waals surface area contributed by atoms with Crippen LogP contribution in [-0.2, 0) is 16.1 Å². The van der Waals surface area contributed by atoms with Crippen molar-refractivity contribution in [2.24, 2.45) is 0 Å². The maximum Gasteiger partial charge on any atom is 0.302 e. The van der Waals surface area contributed by atoms with Crippen molar-refractivity contribution in [1.29, 1.82) is 0 Å². The highest BCUT2D eigenvalue weighted by Crippen LogP contribution is 2.29. The van der Waals surface area contributed by atoms with E-state index in [1.54, 1.807) is 0 Å². The van der Waals surface area contributed by atoms with Crippen LogP contribution >= 0.6 is 0 Å². The fourth-order valence-corrected chi connectivity index (χ4v) is 4.27. The zero-order valence-corrected chi connectivity index (χ0v) is 17.4. The van der Waals surface area contributed by atoms with E-state index < -0.39 is 0 Å².